The normalized spacial score (nSPS) is 10.5. The first-order valence-corrected chi connectivity index (χ1v) is 5.62. The highest BCUT2D eigenvalue weighted by Crippen LogP contribution is 2.07. The van der Waals surface area contributed by atoms with Gasteiger partial charge in [0.2, 0.25) is 5.89 Å². The molecule has 1 N–H and O–H groups in total. The highest BCUT2D eigenvalue weighted by Gasteiger charge is 2.03. The summed E-state index contributed by atoms with van der Waals surface area (Å²) >= 11 is 0. The third-order valence-corrected chi connectivity index (χ3v) is 2.23. The molecule has 6 heteroatoms. The van der Waals surface area contributed by atoms with Gasteiger partial charge in [0.25, 0.3) is 0 Å². The average Bonchev–Trinajstić information content (AvgIpc) is 2.74. The number of rotatable bonds is 5. The van der Waals surface area contributed by atoms with E-state index in [1.54, 1.807) is 13.3 Å². The molecular formula is C11H15N5O. The maximum atomic E-state index is 4.88. The van der Waals surface area contributed by atoms with E-state index >= 15 is 0 Å². The first-order chi connectivity index (χ1) is 8.28. The summed E-state index contributed by atoms with van der Waals surface area (Å²) in [7, 11) is 0. The molecule has 0 saturated heterocycles. The van der Waals surface area contributed by atoms with Crippen LogP contribution in [0.25, 0.3) is 0 Å². The molecule has 0 fully saturated rings. The molecule has 0 aliphatic carbocycles. The molecule has 6 nitrogen and oxygen atoms in total. The van der Waals surface area contributed by atoms with Crippen molar-refractivity contribution < 1.29 is 4.52 Å². The second-order valence-corrected chi connectivity index (χ2v) is 3.73. The minimum atomic E-state index is 0.500. The molecule has 0 aliphatic rings. The van der Waals surface area contributed by atoms with Crippen LogP contribution in [0.3, 0.4) is 0 Å². The van der Waals surface area contributed by atoms with E-state index in [2.05, 4.69) is 32.3 Å². The largest absolute Gasteiger partial charge is 0.363 e. The second-order valence-electron chi connectivity index (χ2n) is 3.73. The number of aromatic nitrogens is 4. The van der Waals surface area contributed by atoms with E-state index in [0.717, 1.165) is 24.4 Å². The lowest BCUT2D eigenvalue weighted by atomic mass is 10.2. The van der Waals surface area contributed by atoms with Gasteiger partial charge in [-0.2, -0.15) is 4.98 Å². The maximum absolute atomic E-state index is 4.88. The van der Waals surface area contributed by atoms with Crippen LogP contribution in [0.2, 0.25) is 0 Å². The molecule has 0 aliphatic heterocycles. The van der Waals surface area contributed by atoms with E-state index in [0.29, 0.717) is 18.3 Å². The average molecular weight is 233 g/mol. The van der Waals surface area contributed by atoms with Crippen LogP contribution in [0.5, 0.6) is 0 Å². The summed E-state index contributed by atoms with van der Waals surface area (Å²) in [5.74, 6) is 1.97. The SMILES string of the molecule is CCCc1cc(NCc2noc(C)n2)ncn1. The minimum Gasteiger partial charge on any atom is -0.363 e. The Morgan fingerprint density at radius 2 is 2.24 bits per heavy atom. The monoisotopic (exact) mass is 233 g/mol. The molecule has 0 saturated carbocycles. The van der Waals surface area contributed by atoms with Crippen molar-refractivity contribution in [2.75, 3.05) is 5.32 Å². The minimum absolute atomic E-state index is 0.500. The smallest absolute Gasteiger partial charge is 0.223 e. The van der Waals surface area contributed by atoms with Gasteiger partial charge >= 0.3 is 0 Å². The molecule has 17 heavy (non-hydrogen) atoms. The maximum Gasteiger partial charge on any atom is 0.223 e. The fourth-order valence-corrected chi connectivity index (χ4v) is 1.47. The Kier molecular flexibility index (Phi) is 3.64. The molecule has 2 aromatic rings. The van der Waals surface area contributed by atoms with Gasteiger partial charge in [0.05, 0.1) is 6.54 Å². The molecule has 2 aromatic heterocycles. The molecule has 0 atom stereocenters. The van der Waals surface area contributed by atoms with Gasteiger partial charge in [0.15, 0.2) is 5.82 Å². The molecule has 0 radical (unpaired) electrons. The Bertz CT molecular complexity index is 482. The van der Waals surface area contributed by atoms with Crippen LogP contribution in [-0.4, -0.2) is 20.1 Å². The summed E-state index contributed by atoms with van der Waals surface area (Å²) in [5.41, 5.74) is 1.04. The summed E-state index contributed by atoms with van der Waals surface area (Å²) in [6.45, 7) is 4.39. The van der Waals surface area contributed by atoms with Crippen molar-refractivity contribution >= 4 is 5.82 Å². The Morgan fingerprint density at radius 1 is 1.35 bits per heavy atom. The van der Waals surface area contributed by atoms with Crippen molar-refractivity contribution in [3.05, 3.63) is 29.8 Å². The lowest BCUT2D eigenvalue weighted by Crippen LogP contribution is -2.04. The zero-order chi connectivity index (χ0) is 12.1. The van der Waals surface area contributed by atoms with Crippen molar-refractivity contribution in [3.8, 4) is 0 Å². The van der Waals surface area contributed by atoms with Gasteiger partial charge in [-0.3, -0.25) is 0 Å². The van der Waals surface area contributed by atoms with E-state index in [1.165, 1.54) is 0 Å². The first kappa shape index (κ1) is 11.5. The molecular weight excluding hydrogens is 218 g/mol. The van der Waals surface area contributed by atoms with Gasteiger partial charge in [-0.25, -0.2) is 9.97 Å². The third kappa shape index (κ3) is 3.24. The third-order valence-electron chi connectivity index (χ3n) is 2.23. The van der Waals surface area contributed by atoms with Crippen LogP contribution in [0, 0.1) is 6.92 Å². The summed E-state index contributed by atoms with van der Waals surface area (Å²) < 4.78 is 4.88. The van der Waals surface area contributed by atoms with E-state index < -0.39 is 0 Å². The van der Waals surface area contributed by atoms with Crippen LogP contribution >= 0.6 is 0 Å². The molecule has 0 spiro atoms. The second kappa shape index (κ2) is 5.38. The van der Waals surface area contributed by atoms with Crippen molar-refractivity contribution in [3.63, 3.8) is 0 Å². The fraction of sp³-hybridized carbons (Fsp3) is 0.455. The Balaban J connectivity index is 1.96. The van der Waals surface area contributed by atoms with E-state index in [1.807, 2.05) is 6.07 Å². The molecule has 0 bridgehead atoms. The standard InChI is InChI=1S/C11H15N5O/c1-3-4-9-5-10(14-7-13-9)12-6-11-15-8(2)17-16-11/h5,7H,3-4,6H2,1-2H3,(H,12,13,14). The van der Waals surface area contributed by atoms with Crippen LogP contribution in [0.15, 0.2) is 16.9 Å². The summed E-state index contributed by atoms with van der Waals surface area (Å²) in [5, 5.41) is 6.93. The summed E-state index contributed by atoms with van der Waals surface area (Å²) in [4.78, 5) is 12.4. The van der Waals surface area contributed by atoms with Crippen LogP contribution in [0.4, 0.5) is 5.82 Å². The quantitative estimate of drug-likeness (QED) is 0.847. The predicted octanol–water partition coefficient (Wildman–Crippen LogP) is 1.73. The van der Waals surface area contributed by atoms with Crippen molar-refractivity contribution in [1.82, 2.24) is 20.1 Å². The van der Waals surface area contributed by atoms with E-state index in [-0.39, 0.29) is 0 Å². The number of hydrogen-bond acceptors (Lipinski definition) is 6. The van der Waals surface area contributed by atoms with Gasteiger partial charge in [0, 0.05) is 18.7 Å². The number of nitrogens with zero attached hydrogens (tertiary/aromatic N) is 4. The highest BCUT2D eigenvalue weighted by molar-refractivity contribution is 5.34. The summed E-state index contributed by atoms with van der Waals surface area (Å²) in [6, 6.07) is 1.94. The van der Waals surface area contributed by atoms with E-state index in [9.17, 15) is 0 Å². The van der Waals surface area contributed by atoms with Gasteiger partial charge in [0.1, 0.15) is 12.1 Å². The zero-order valence-electron chi connectivity index (χ0n) is 9.97. The van der Waals surface area contributed by atoms with E-state index in [4.69, 9.17) is 4.52 Å². The number of hydrogen-bond donors (Lipinski definition) is 1. The van der Waals surface area contributed by atoms with Crippen LogP contribution < -0.4 is 5.32 Å². The number of anilines is 1. The highest BCUT2D eigenvalue weighted by atomic mass is 16.5. The van der Waals surface area contributed by atoms with Gasteiger partial charge < -0.3 is 9.84 Å². The lowest BCUT2D eigenvalue weighted by Gasteiger charge is -2.03. The van der Waals surface area contributed by atoms with Gasteiger partial charge in [-0.15, -0.1) is 0 Å². The fourth-order valence-electron chi connectivity index (χ4n) is 1.47. The van der Waals surface area contributed by atoms with Gasteiger partial charge in [-0.05, 0) is 6.42 Å². The lowest BCUT2D eigenvalue weighted by molar-refractivity contribution is 0.388. The van der Waals surface area contributed by atoms with Crippen molar-refractivity contribution in [1.29, 1.82) is 0 Å². The zero-order valence-corrected chi connectivity index (χ0v) is 9.97. The Labute approximate surface area is 99.5 Å². The van der Waals surface area contributed by atoms with Crippen molar-refractivity contribution in [2.45, 2.75) is 33.2 Å². The first-order valence-electron chi connectivity index (χ1n) is 5.62. The Morgan fingerprint density at radius 3 is 2.94 bits per heavy atom. The molecule has 2 rings (SSSR count). The molecule has 0 amide bonds. The molecule has 0 unspecified atom stereocenters. The molecule has 2 heterocycles. The molecule has 90 valence electrons. The number of aryl methyl sites for hydroxylation is 2. The predicted molar refractivity (Wildman–Crippen MR) is 62.4 cm³/mol. The Hall–Kier alpha value is -1.98. The topological polar surface area (TPSA) is 76.7 Å². The molecule has 0 aromatic carbocycles. The van der Waals surface area contributed by atoms with Crippen molar-refractivity contribution in [2.24, 2.45) is 0 Å². The number of nitrogens with one attached hydrogen (secondary N) is 1. The van der Waals surface area contributed by atoms with Gasteiger partial charge in [-0.1, -0.05) is 18.5 Å². The van der Waals surface area contributed by atoms with Crippen LogP contribution in [-0.2, 0) is 13.0 Å². The summed E-state index contributed by atoms with van der Waals surface area (Å²) in [6.07, 6.45) is 3.59. The van der Waals surface area contributed by atoms with Crippen LogP contribution in [0.1, 0.15) is 30.8 Å².